The number of nitrogens with one attached hydrogen (secondary N) is 1. The van der Waals surface area contributed by atoms with E-state index in [9.17, 15) is 9.59 Å². The minimum absolute atomic E-state index is 0.00348. The van der Waals surface area contributed by atoms with Crippen molar-refractivity contribution in [2.75, 3.05) is 10.3 Å². The fourth-order valence-electron chi connectivity index (χ4n) is 1.79. The van der Waals surface area contributed by atoms with Gasteiger partial charge in [0.05, 0.1) is 17.9 Å². The molecule has 2 aromatic rings. The SMILES string of the molecule is Cc1cc(Nc2nc(N(N)C(C)CC=O)cnc2C(N)=O)sn1. The van der Waals surface area contributed by atoms with Crippen molar-refractivity contribution in [2.45, 2.75) is 26.3 Å². The Morgan fingerprint density at radius 2 is 2.30 bits per heavy atom. The monoisotopic (exact) mass is 335 g/mol. The molecule has 0 saturated heterocycles. The average Bonchev–Trinajstić information content (AvgIpc) is 2.91. The molecule has 0 aliphatic rings. The number of amides is 1. The molecule has 2 rings (SSSR count). The number of aldehydes is 1. The van der Waals surface area contributed by atoms with E-state index in [0.29, 0.717) is 10.8 Å². The van der Waals surface area contributed by atoms with E-state index in [4.69, 9.17) is 11.6 Å². The first kappa shape index (κ1) is 16.8. The molecular weight excluding hydrogens is 318 g/mol. The van der Waals surface area contributed by atoms with Crippen molar-refractivity contribution >= 4 is 40.4 Å². The quantitative estimate of drug-likeness (QED) is 0.382. The second kappa shape index (κ2) is 7.11. The highest BCUT2D eigenvalue weighted by atomic mass is 32.1. The third-order valence-corrected chi connectivity index (χ3v) is 3.84. The zero-order valence-electron chi connectivity index (χ0n) is 12.7. The van der Waals surface area contributed by atoms with Gasteiger partial charge in [-0.25, -0.2) is 15.8 Å². The summed E-state index contributed by atoms with van der Waals surface area (Å²) < 4.78 is 4.14. The molecule has 0 fully saturated rings. The van der Waals surface area contributed by atoms with Gasteiger partial charge in [-0.05, 0) is 31.4 Å². The highest BCUT2D eigenvalue weighted by Crippen LogP contribution is 2.24. The van der Waals surface area contributed by atoms with Gasteiger partial charge in [0.1, 0.15) is 11.3 Å². The number of carbonyl (C=O) groups excluding carboxylic acids is 2. The first-order valence-corrected chi connectivity index (χ1v) is 7.54. The summed E-state index contributed by atoms with van der Waals surface area (Å²) in [7, 11) is 0. The largest absolute Gasteiger partial charge is 0.364 e. The number of hydrogen-bond acceptors (Lipinski definition) is 9. The highest BCUT2D eigenvalue weighted by molar-refractivity contribution is 7.10. The van der Waals surface area contributed by atoms with Crippen LogP contribution < -0.4 is 21.9 Å². The lowest BCUT2D eigenvalue weighted by Gasteiger charge is -2.23. The number of aromatic nitrogens is 3. The Kier molecular flexibility index (Phi) is 5.19. The fourth-order valence-corrected chi connectivity index (χ4v) is 2.45. The zero-order chi connectivity index (χ0) is 17.0. The lowest BCUT2D eigenvalue weighted by atomic mass is 10.2. The second-order valence-corrected chi connectivity index (χ2v) is 5.71. The van der Waals surface area contributed by atoms with E-state index in [1.807, 2.05) is 6.92 Å². The molecule has 1 unspecified atom stereocenters. The summed E-state index contributed by atoms with van der Waals surface area (Å²) >= 11 is 1.22. The van der Waals surface area contributed by atoms with Gasteiger partial charge in [-0.2, -0.15) is 4.37 Å². The predicted octanol–water partition coefficient (Wildman–Crippen LogP) is 0.742. The summed E-state index contributed by atoms with van der Waals surface area (Å²) in [5.41, 5.74) is 6.15. The number of nitrogens with zero attached hydrogens (tertiary/aromatic N) is 4. The van der Waals surface area contributed by atoms with Crippen molar-refractivity contribution < 1.29 is 9.59 Å². The maximum absolute atomic E-state index is 11.5. The summed E-state index contributed by atoms with van der Waals surface area (Å²) in [5, 5.41) is 4.98. The van der Waals surface area contributed by atoms with E-state index >= 15 is 0 Å². The van der Waals surface area contributed by atoms with Crippen LogP contribution in [0.5, 0.6) is 0 Å². The molecule has 0 radical (unpaired) electrons. The predicted molar refractivity (Wildman–Crippen MR) is 87.5 cm³/mol. The van der Waals surface area contributed by atoms with Crippen LogP contribution in [-0.4, -0.2) is 32.6 Å². The first-order valence-electron chi connectivity index (χ1n) is 6.77. The fraction of sp³-hybridized carbons (Fsp3) is 0.308. The standard InChI is InChI=1S/C13H17N7O2S/c1-7-5-10(23-19-7)18-13-11(12(14)22)16-6-9(17-13)20(15)8(2)3-4-21/h4-6,8H,3,15H2,1-2H3,(H2,14,22)(H,17,18). The van der Waals surface area contributed by atoms with Crippen molar-refractivity contribution in [1.82, 2.24) is 14.3 Å². The van der Waals surface area contributed by atoms with Crippen molar-refractivity contribution in [2.24, 2.45) is 11.6 Å². The number of aryl methyl sites for hydroxylation is 1. The van der Waals surface area contributed by atoms with E-state index < -0.39 is 5.91 Å². The molecule has 0 aromatic carbocycles. The number of primary amides is 1. The molecule has 9 nitrogen and oxygen atoms in total. The van der Waals surface area contributed by atoms with Crippen molar-refractivity contribution in [1.29, 1.82) is 0 Å². The van der Waals surface area contributed by atoms with Crippen LogP contribution in [0.4, 0.5) is 16.6 Å². The zero-order valence-corrected chi connectivity index (χ0v) is 13.5. The van der Waals surface area contributed by atoms with E-state index in [2.05, 4.69) is 19.7 Å². The summed E-state index contributed by atoms with van der Waals surface area (Å²) in [6, 6.07) is 1.54. The van der Waals surface area contributed by atoms with Crippen LogP contribution in [0.15, 0.2) is 12.3 Å². The van der Waals surface area contributed by atoms with E-state index in [-0.39, 0.29) is 24.0 Å². The maximum atomic E-state index is 11.5. The van der Waals surface area contributed by atoms with Crippen LogP contribution in [-0.2, 0) is 4.79 Å². The minimum atomic E-state index is -0.711. The number of hydrogen-bond donors (Lipinski definition) is 3. The van der Waals surface area contributed by atoms with Crippen LogP contribution in [0.25, 0.3) is 0 Å². The Labute approximate surface area is 136 Å². The molecule has 122 valence electrons. The molecule has 0 aliphatic heterocycles. The van der Waals surface area contributed by atoms with Crippen LogP contribution in [0.3, 0.4) is 0 Å². The van der Waals surface area contributed by atoms with Gasteiger partial charge >= 0.3 is 0 Å². The van der Waals surface area contributed by atoms with E-state index in [1.165, 1.54) is 22.7 Å². The minimum Gasteiger partial charge on any atom is -0.364 e. The van der Waals surface area contributed by atoms with Gasteiger partial charge in [0.2, 0.25) is 0 Å². The Balaban J connectivity index is 2.35. The van der Waals surface area contributed by atoms with Crippen LogP contribution >= 0.6 is 11.5 Å². The highest BCUT2D eigenvalue weighted by Gasteiger charge is 2.18. The van der Waals surface area contributed by atoms with Crippen LogP contribution in [0.2, 0.25) is 0 Å². The molecule has 0 bridgehead atoms. The van der Waals surface area contributed by atoms with Crippen molar-refractivity contribution in [3.05, 3.63) is 23.7 Å². The smallest absolute Gasteiger partial charge is 0.271 e. The van der Waals surface area contributed by atoms with Crippen LogP contribution in [0, 0.1) is 6.92 Å². The summed E-state index contributed by atoms with van der Waals surface area (Å²) in [6.07, 6.45) is 2.35. The van der Waals surface area contributed by atoms with Gasteiger partial charge in [0, 0.05) is 6.42 Å². The Bertz CT molecular complexity index is 718. The Morgan fingerprint density at radius 1 is 1.57 bits per heavy atom. The maximum Gasteiger partial charge on any atom is 0.271 e. The molecule has 2 heterocycles. The molecule has 1 atom stereocenters. The topological polar surface area (TPSA) is 140 Å². The molecule has 0 saturated carbocycles. The van der Waals surface area contributed by atoms with Gasteiger partial charge in [0.25, 0.3) is 5.91 Å². The van der Waals surface area contributed by atoms with Gasteiger partial charge in [-0.1, -0.05) is 0 Å². The summed E-state index contributed by atoms with van der Waals surface area (Å²) in [4.78, 5) is 30.4. The molecule has 2 aromatic heterocycles. The average molecular weight is 335 g/mol. The summed E-state index contributed by atoms with van der Waals surface area (Å²) in [5.74, 6) is 5.73. The number of carbonyl (C=O) groups is 2. The Morgan fingerprint density at radius 3 is 2.87 bits per heavy atom. The molecule has 5 N–H and O–H groups in total. The second-order valence-electron chi connectivity index (χ2n) is 4.91. The first-order chi connectivity index (χ1) is 10.9. The molecule has 0 aliphatic carbocycles. The van der Waals surface area contributed by atoms with E-state index in [0.717, 1.165) is 12.0 Å². The van der Waals surface area contributed by atoms with E-state index in [1.54, 1.807) is 13.0 Å². The third kappa shape index (κ3) is 3.99. The number of rotatable bonds is 7. The molecule has 0 spiro atoms. The van der Waals surface area contributed by atoms with Gasteiger partial charge < -0.3 is 15.8 Å². The van der Waals surface area contributed by atoms with Crippen molar-refractivity contribution in [3.63, 3.8) is 0 Å². The lowest BCUT2D eigenvalue weighted by Crippen LogP contribution is -2.40. The van der Waals surface area contributed by atoms with Gasteiger partial charge in [-0.3, -0.25) is 9.80 Å². The summed E-state index contributed by atoms with van der Waals surface area (Å²) in [6.45, 7) is 3.62. The van der Waals surface area contributed by atoms with Crippen LogP contribution in [0.1, 0.15) is 29.5 Å². The molecule has 10 heteroatoms. The number of hydrazine groups is 1. The molecular formula is C13H17N7O2S. The third-order valence-electron chi connectivity index (χ3n) is 3.04. The molecule has 23 heavy (non-hydrogen) atoms. The number of nitrogens with two attached hydrogens (primary N) is 2. The number of anilines is 3. The van der Waals surface area contributed by atoms with Crippen molar-refractivity contribution in [3.8, 4) is 0 Å². The van der Waals surface area contributed by atoms with Gasteiger partial charge in [0.15, 0.2) is 17.3 Å². The normalized spacial score (nSPS) is 11.8. The molecule has 1 amide bonds. The lowest BCUT2D eigenvalue weighted by molar-refractivity contribution is -0.108. The van der Waals surface area contributed by atoms with Gasteiger partial charge in [-0.15, -0.1) is 0 Å². The Hall–Kier alpha value is -2.59.